The molecule has 2 aromatic rings. The van der Waals surface area contributed by atoms with E-state index in [9.17, 15) is 4.79 Å². The highest BCUT2D eigenvalue weighted by molar-refractivity contribution is 6.05. The first-order valence-corrected chi connectivity index (χ1v) is 8.11. The number of hydrogen-bond donors (Lipinski definition) is 1. The molecule has 5 heteroatoms. The Morgan fingerprint density at radius 2 is 1.92 bits per heavy atom. The number of nitrogens with one attached hydrogen (secondary N) is 1. The summed E-state index contributed by atoms with van der Waals surface area (Å²) in [5, 5.41) is 3.01. The van der Waals surface area contributed by atoms with Crippen LogP contribution in [0.3, 0.4) is 0 Å². The van der Waals surface area contributed by atoms with Gasteiger partial charge in [0.15, 0.2) is 0 Å². The van der Waals surface area contributed by atoms with Gasteiger partial charge < -0.3 is 19.5 Å². The van der Waals surface area contributed by atoms with Crippen LogP contribution in [0, 0.1) is 20.8 Å². The van der Waals surface area contributed by atoms with Gasteiger partial charge in [-0.05, 0) is 64.7 Å². The SMILES string of the molecule is COc1ccc(NC(=O)c2cc(C)n(CCN(C)C)c2C)c(C)c1. The van der Waals surface area contributed by atoms with Crippen molar-refractivity contribution in [2.45, 2.75) is 27.3 Å². The Labute approximate surface area is 144 Å². The Morgan fingerprint density at radius 1 is 1.21 bits per heavy atom. The highest BCUT2D eigenvalue weighted by Gasteiger charge is 2.16. The molecule has 1 N–H and O–H groups in total. The molecule has 2 rings (SSSR count). The second kappa shape index (κ2) is 7.53. The fraction of sp³-hybridized carbons (Fsp3) is 0.421. The molecule has 0 radical (unpaired) electrons. The normalized spacial score (nSPS) is 11.0. The number of carbonyl (C=O) groups excluding carboxylic acids is 1. The molecule has 0 unspecified atom stereocenters. The van der Waals surface area contributed by atoms with Crippen molar-refractivity contribution in [2.75, 3.05) is 33.1 Å². The molecule has 1 aromatic carbocycles. The molecule has 5 nitrogen and oxygen atoms in total. The predicted octanol–water partition coefficient (Wildman–Crippen LogP) is 3.24. The molecule has 1 heterocycles. The average Bonchev–Trinajstić information content (AvgIpc) is 2.81. The zero-order valence-corrected chi connectivity index (χ0v) is 15.4. The van der Waals surface area contributed by atoms with Crippen molar-refractivity contribution in [1.29, 1.82) is 0 Å². The number of benzene rings is 1. The van der Waals surface area contributed by atoms with Crippen LogP contribution in [0.1, 0.15) is 27.3 Å². The molecular formula is C19H27N3O2. The lowest BCUT2D eigenvalue weighted by Gasteiger charge is -2.14. The molecule has 0 saturated carbocycles. The summed E-state index contributed by atoms with van der Waals surface area (Å²) in [4.78, 5) is 14.8. The summed E-state index contributed by atoms with van der Waals surface area (Å²) in [5.74, 6) is 0.708. The van der Waals surface area contributed by atoms with E-state index in [0.717, 1.165) is 47.0 Å². The van der Waals surface area contributed by atoms with Gasteiger partial charge in [0.05, 0.1) is 12.7 Å². The first-order chi connectivity index (χ1) is 11.3. The number of anilines is 1. The summed E-state index contributed by atoms with van der Waals surface area (Å²) in [5.41, 5.74) is 4.61. The van der Waals surface area contributed by atoms with E-state index in [4.69, 9.17) is 4.74 Å². The molecule has 0 fully saturated rings. The maximum Gasteiger partial charge on any atom is 0.257 e. The zero-order valence-electron chi connectivity index (χ0n) is 15.4. The monoisotopic (exact) mass is 329 g/mol. The van der Waals surface area contributed by atoms with Gasteiger partial charge in [0.25, 0.3) is 5.91 Å². The summed E-state index contributed by atoms with van der Waals surface area (Å²) in [6.07, 6.45) is 0. The number of likely N-dealkylation sites (N-methyl/N-ethyl adjacent to an activating group) is 1. The number of aromatic nitrogens is 1. The van der Waals surface area contributed by atoms with Crippen LogP contribution in [0.25, 0.3) is 0 Å². The number of nitrogens with zero attached hydrogens (tertiary/aromatic N) is 2. The third-order valence-electron chi connectivity index (χ3n) is 4.27. The first-order valence-electron chi connectivity index (χ1n) is 8.11. The second-order valence-corrected chi connectivity index (χ2v) is 6.37. The van der Waals surface area contributed by atoms with Gasteiger partial charge >= 0.3 is 0 Å². The van der Waals surface area contributed by atoms with E-state index in [0.29, 0.717) is 0 Å². The third-order valence-corrected chi connectivity index (χ3v) is 4.27. The summed E-state index contributed by atoms with van der Waals surface area (Å²) in [6, 6.07) is 7.59. The molecule has 0 atom stereocenters. The molecule has 1 aromatic heterocycles. The summed E-state index contributed by atoms with van der Waals surface area (Å²) in [7, 11) is 5.73. The first kappa shape index (κ1) is 18.1. The zero-order chi connectivity index (χ0) is 17.9. The van der Waals surface area contributed by atoms with Gasteiger partial charge in [0, 0.05) is 30.2 Å². The lowest BCUT2D eigenvalue weighted by molar-refractivity contribution is 0.102. The second-order valence-electron chi connectivity index (χ2n) is 6.37. The summed E-state index contributed by atoms with van der Waals surface area (Å²) < 4.78 is 7.39. The molecule has 0 saturated heterocycles. The molecule has 0 bridgehead atoms. The van der Waals surface area contributed by atoms with E-state index in [1.165, 1.54) is 0 Å². The lowest BCUT2D eigenvalue weighted by atomic mass is 10.1. The number of aryl methyl sites for hydroxylation is 2. The Bertz CT molecular complexity index is 732. The van der Waals surface area contributed by atoms with Crippen molar-refractivity contribution in [2.24, 2.45) is 0 Å². The Morgan fingerprint density at radius 3 is 2.50 bits per heavy atom. The van der Waals surface area contributed by atoms with E-state index in [1.807, 2.05) is 59.1 Å². The van der Waals surface area contributed by atoms with Gasteiger partial charge in [-0.2, -0.15) is 0 Å². The van der Waals surface area contributed by atoms with Crippen LogP contribution < -0.4 is 10.1 Å². The van der Waals surface area contributed by atoms with Crippen LogP contribution >= 0.6 is 0 Å². The minimum absolute atomic E-state index is 0.0764. The van der Waals surface area contributed by atoms with E-state index >= 15 is 0 Å². The van der Waals surface area contributed by atoms with Gasteiger partial charge in [-0.1, -0.05) is 0 Å². The molecule has 1 amide bonds. The Balaban J connectivity index is 2.20. The fourth-order valence-corrected chi connectivity index (χ4v) is 2.77. The van der Waals surface area contributed by atoms with Gasteiger partial charge in [-0.15, -0.1) is 0 Å². The molecular weight excluding hydrogens is 302 g/mol. The van der Waals surface area contributed by atoms with Crippen LogP contribution in [0.2, 0.25) is 0 Å². The fourth-order valence-electron chi connectivity index (χ4n) is 2.77. The van der Waals surface area contributed by atoms with Crippen LogP contribution in [-0.2, 0) is 6.54 Å². The van der Waals surface area contributed by atoms with Gasteiger partial charge in [-0.3, -0.25) is 4.79 Å². The lowest BCUT2D eigenvalue weighted by Crippen LogP contribution is -2.20. The van der Waals surface area contributed by atoms with Crippen molar-refractivity contribution >= 4 is 11.6 Å². The van der Waals surface area contributed by atoms with Gasteiger partial charge in [0.1, 0.15) is 5.75 Å². The number of rotatable bonds is 6. The quantitative estimate of drug-likeness (QED) is 0.885. The maximum absolute atomic E-state index is 12.7. The molecule has 0 aliphatic rings. The number of amides is 1. The molecule has 130 valence electrons. The van der Waals surface area contributed by atoms with Crippen molar-refractivity contribution in [3.63, 3.8) is 0 Å². The molecule has 0 aliphatic carbocycles. The van der Waals surface area contributed by atoms with Crippen molar-refractivity contribution in [1.82, 2.24) is 9.47 Å². The number of ether oxygens (including phenoxy) is 1. The van der Waals surface area contributed by atoms with Crippen LogP contribution in [-0.4, -0.2) is 43.1 Å². The van der Waals surface area contributed by atoms with E-state index in [-0.39, 0.29) is 5.91 Å². The predicted molar refractivity (Wildman–Crippen MR) is 98.1 cm³/mol. The minimum Gasteiger partial charge on any atom is -0.497 e. The van der Waals surface area contributed by atoms with Crippen molar-refractivity contribution in [3.8, 4) is 5.75 Å². The minimum atomic E-state index is -0.0764. The molecule has 0 aliphatic heterocycles. The highest BCUT2D eigenvalue weighted by atomic mass is 16.5. The van der Waals surface area contributed by atoms with E-state index in [2.05, 4.69) is 14.8 Å². The van der Waals surface area contributed by atoms with Gasteiger partial charge in [0.2, 0.25) is 0 Å². The Hall–Kier alpha value is -2.27. The largest absolute Gasteiger partial charge is 0.497 e. The number of hydrogen-bond acceptors (Lipinski definition) is 3. The maximum atomic E-state index is 12.7. The van der Waals surface area contributed by atoms with E-state index in [1.54, 1.807) is 7.11 Å². The smallest absolute Gasteiger partial charge is 0.257 e. The van der Waals surface area contributed by atoms with Crippen LogP contribution in [0.15, 0.2) is 24.3 Å². The molecule has 0 spiro atoms. The van der Waals surface area contributed by atoms with Crippen molar-refractivity contribution in [3.05, 3.63) is 46.8 Å². The highest BCUT2D eigenvalue weighted by Crippen LogP contribution is 2.23. The molecule has 24 heavy (non-hydrogen) atoms. The van der Waals surface area contributed by atoms with Crippen LogP contribution in [0.5, 0.6) is 5.75 Å². The average molecular weight is 329 g/mol. The number of methoxy groups -OCH3 is 1. The standard InChI is InChI=1S/C19H27N3O2/c1-13-11-16(24-6)7-8-18(13)20-19(23)17-12-14(2)22(15(17)3)10-9-21(4)5/h7-8,11-12H,9-10H2,1-6H3,(H,20,23). The van der Waals surface area contributed by atoms with Gasteiger partial charge in [-0.25, -0.2) is 0 Å². The topological polar surface area (TPSA) is 46.5 Å². The Kier molecular flexibility index (Phi) is 5.67. The van der Waals surface area contributed by atoms with Crippen LogP contribution in [0.4, 0.5) is 5.69 Å². The van der Waals surface area contributed by atoms with E-state index < -0.39 is 0 Å². The van der Waals surface area contributed by atoms with Crippen molar-refractivity contribution < 1.29 is 9.53 Å². The summed E-state index contributed by atoms with van der Waals surface area (Å²) >= 11 is 0. The third kappa shape index (κ3) is 3.97. The summed E-state index contributed by atoms with van der Waals surface area (Å²) in [6.45, 7) is 7.81. The number of carbonyl (C=O) groups is 1.